The molecule has 0 spiro atoms. The molecule has 6 nitrogen and oxygen atoms in total. The average molecular weight is 348 g/mol. The van der Waals surface area contributed by atoms with Crippen LogP contribution in [0.15, 0.2) is 10.8 Å². The van der Waals surface area contributed by atoms with Crippen molar-refractivity contribution in [2.75, 3.05) is 19.8 Å². The SMILES string of the molecule is CC(CCOCC1COc2cscc2O1)S(=O)(=O)O.[KH]. The molecule has 1 aliphatic heterocycles. The van der Waals surface area contributed by atoms with Gasteiger partial charge in [0.15, 0.2) is 17.6 Å². The van der Waals surface area contributed by atoms with Crippen LogP contribution in [-0.2, 0) is 14.9 Å². The second kappa shape index (κ2) is 8.44. The first-order chi connectivity index (χ1) is 8.97. The van der Waals surface area contributed by atoms with E-state index in [-0.39, 0.29) is 70.5 Å². The van der Waals surface area contributed by atoms with Crippen LogP contribution >= 0.6 is 11.3 Å². The molecular formula is C11H17KO6S2. The zero-order valence-corrected chi connectivity index (χ0v) is 12.1. The van der Waals surface area contributed by atoms with E-state index in [0.717, 1.165) is 11.5 Å². The van der Waals surface area contributed by atoms with Gasteiger partial charge in [-0.25, -0.2) is 0 Å². The van der Waals surface area contributed by atoms with Crippen LogP contribution in [0.4, 0.5) is 0 Å². The summed E-state index contributed by atoms with van der Waals surface area (Å²) < 4.78 is 46.8. The molecule has 1 aliphatic rings. The van der Waals surface area contributed by atoms with Crippen molar-refractivity contribution in [3.8, 4) is 11.5 Å². The number of fused-ring (bicyclic) bond motifs is 1. The fraction of sp³-hybridized carbons (Fsp3) is 0.636. The van der Waals surface area contributed by atoms with Crippen LogP contribution in [-0.4, -0.2) is 95.5 Å². The van der Waals surface area contributed by atoms with Crippen LogP contribution in [0.25, 0.3) is 0 Å². The van der Waals surface area contributed by atoms with Gasteiger partial charge < -0.3 is 14.2 Å². The van der Waals surface area contributed by atoms with Gasteiger partial charge in [0, 0.05) is 17.4 Å². The Hall–Kier alpha value is 0.806. The molecule has 0 bridgehead atoms. The normalized spacial score (nSPS) is 19.2. The predicted octanol–water partition coefficient (Wildman–Crippen LogP) is 0.922. The van der Waals surface area contributed by atoms with Crippen molar-refractivity contribution in [1.29, 1.82) is 0 Å². The molecular weight excluding hydrogens is 331 g/mol. The summed E-state index contributed by atoms with van der Waals surface area (Å²) in [6.45, 7) is 2.43. The monoisotopic (exact) mass is 348 g/mol. The topological polar surface area (TPSA) is 82.1 Å². The Morgan fingerprint density at radius 1 is 1.50 bits per heavy atom. The first kappa shape index (κ1) is 18.9. The van der Waals surface area contributed by atoms with E-state index in [2.05, 4.69) is 0 Å². The third-order valence-corrected chi connectivity index (χ3v) is 4.75. The zero-order valence-electron chi connectivity index (χ0n) is 10.4. The van der Waals surface area contributed by atoms with E-state index in [4.69, 9.17) is 18.8 Å². The van der Waals surface area contributed by atoms with Crippen LogP contribution in [0.2, 0.25) is 0 Å². The fourth-order valence-corrected chi connectivity index (χ4v) is 2.62. The molecule has 2 unspecified atom stereocenters. The summed E-state index contributed by atoms with van der Waals surface area (Å²) in [4.78, 5) is 0. The van der Waals surface area contributed by atoms with Crippen LogP contribution in [0, 0.1) is 0 Å². The standard InChI is InChI=1S/C11H16O6S2.K.H/c1-8(19(12,13)14)2-3-15-4-9-5-16-10-6-18-7-11(10)17-9;;/h6-9H,2-5H2,1H3,(H,12,13,14);;. The van der Waals surface area contributed by atoms with Gasteiger partial charge in [-0.3, -0.25) is 4.55 Å². The van der Waals surface area contributed by atoms with Crippen molar-refractivity contribution in [2.45, 2.75) is 24.7 Å². The van der Waals surface area contributed by atoms with Crippen LogP contribution in [0.5, 0.6) is 11.5 Å². The molecule has 0 fully saturated rings. The van der Waals surface area contributed by atoms with Gasteiger partial charge in [-0.05, 0) is 13.3 Å². The van der Waals surface area contributed by atoms with Gasteiger partial charge >= 0.3 is 51.4 Å². The van der Waals surface area contributed by atoms with E-state index in [1.54, 1.807) is 0 Å². The van der Waals surface area contributed by atoms with Gasteiger partial charge in [0.2, 0.25) is 0 Å². The Labute approximate surface area is 165 Å². The number of ether oxygens (including phenoxy) is 3. The van der Waals surface area contributed by atoms with Gasteiger partial charge in [-0.15, -0.1) is 11.3 Å². The molecule has 1 aromatic heterocycles. The minimum atomic E-state index is -3.98. The zero-order chi connectivity index (χ0) is 13.9. The Kier molecular flexibility index (Phi) is 7.96. The summed E-state index contributed by atoms with van der Waals surface area (Å²) >= 11 is 1.51. The van der Waals surface area contributed by atoms with Crippen molar-refractivity contribution in [3.05, 3.63) is 10.8 Å². The number of rotatable bonds is 6. The summed E-state index contributed by atoms with van der Waals surface area (Å²) in [5.74, 6) is 1.47. The van der Waals surface area contributed by atoms with Gasteiger partial charge in [0.1, 0.15) is 6.61 Å². The van der Waals surface area contributed by atoms with E-state index in [1.807, 2.05) is 10.8 Å². The summed E-state index contributed by atoms with van der Waals surface area (Å²) in [5, 5.41) is 2.92. The van der Waals surface area contributed by atoms with Crippen molar-refractivity contribution in [2.24, 2.45) is 0 Å². The second-order valence-corrected chi connectivity index (χ2v) is 6.92. The maximum atomic E-state index is 10.8. The third-order valence-electron chi connectivity index (χ3n) is 2.79. The molecule has 2 atom stereocenters. The quantitative estimate of drug-likeness (QED) is 0.468. The molecule has 1 N–H and O–H groups in total. The molecule has 0 aromatic carbocycles. The molecule has 0 radical (unpaired) electrons. The summed E-state index contributed by atoms with van der Waals surface area (Å²) in [7, 11) is -3.98. The van der Waals surface area contributed by atoms with Gasteiger partial charge in [0.05, 0.1) is 11.9 Å². The van der Waals surface area contributed by atoms with E-state index in [1.165, 1.54) is 18.3 Å². The summed E-state index contributed by atoms with van der Waals surface area (Å²) in [6, 6.07) is 0. The van der Waals surface area contributed by atoms with Crippen molar-refractivity contribution < 1.29 is 27.2 Å². The van der Waals surface area contributed by atoms with Gasteiger partial charge in [0.25, 0.3) is 10.1 Å². The predicted molar refractivity (Wildman–Crippen MR) is 77.8 cm³/mol. The number of thiophene rings is 1. The minimum absolute atomic E-state index is 0. The second-order valence-electron chi connectivity index (χ2n) is 4.34. The number of hydrogen-bond acceptors (Lipinski definition) is 6. The van der Waals surface area contributed by atoms with E-state index in [0.29, 0.717) is 13.2 Å². The molecule has 9 heteroatoms. The summed E-state index contributed by atoms with van der Waals surface area (Å²) in [6.07, 6.45) is 0.0546. The molecule has 20 heavy (non-hydrogen) atoms. The molecule has 2 rings (SSSR count). The average Bonchev–Trinajstić information content (AvgIpc) is 2.80. The Balaban J connectivity index is 0.00000200. The molecule has 0 aliphatic carbocycles. The Morgan fingerprint density at radius 3 is 2.90 bits per heavy atom. The molecule has 1 aromatic rings. The Bertz CT molecular complexity index is 515. The van der Waals surface area contributed by atoms with E-state index >= 15 is 0 Å². The Morgan fingerprint density at radius 2 is 2.20 bits per heavy atom. The summed E-state index contributed by atoms with van der Waals surface area (Å²) in [5.41, 5.74) is 0. The van der Waals surface area contributed by atoms with E-state index in [9.17, 15) is 8.42 Å². The van der Waals surface area contributed by atoms with E-state index < -0.39 is 15.4 Å². The fourth-order valence-electron chi connectivity index (χ4n) is 1.56. The van der Waals surface area contributed by atoms with Crippen LogP contribution in [0.1, 0.15) is 13.3 Å². The maximum absolute atomic E-state index is 10.8. The molecule has 110 valence electrons. The molecule has 2 heterocycles. The third kappa shape index (κ3) is 5.54. The first-order valence-electron chi connectivity index (χ1n) is 5.86. The molecule has 0 amide bonds. The molecule has 0 saturated heterocycles. The van der Waals surface area contributed by atoms with Gasteiger partial charge in [-0.2, -0.15) is 8.42 Å². The van der Waals surface area contributed by atoms with Crippen LogP contribution in [0.3, 0.4) is 0 Å². The van der Waals surface area contributed by atoms with Crippen molar-refractivity contribution >= 4 is 72.8 Å². The van der Waals surface area contributed by atoms with Crippen LogP contribution < -0.4 is 9.47 Å². The first-order valence-corrected chi connectivity index (χ1v) is 8.31. The van der Waals surface area contributed by atoms with Crippen molar-refractivity contribution in [3.63, 3.8) is 0 Å². The molecule has 0 saturated carbocycles. The van der Waals surface area contributed by atoms with Crippen molar-refractivity contribution in [1.82, 2.24) is 0 Å². The van der Waals surface area contributed by atoms with Gasteiger partial charge in [-0.1, -0.05) is 0 Å². The number of hydrogen-bond donors (Lipinski definition) is 1.